The maximum atomic E-state index is 11.7. The van der Waals surface area contributed by atoms with E-state index in [1.165, 1.54) is 0 Å². The van der Waals surface area contributed by atoms with E-state index in [0.29, 0.717) is 6.61 Å². The molecule has 0 fully saturated rings. The third-order valence-electron chi connectivity index (χ3n) is 1.84. The molecule has 1 unspecified atom stereocenters. The van der Waals surface area contributed by atoms with Crippen molar-refractivity contribution in [2.24, 2.45) is 0 Å². The van der Waals surface area contributed by atoms with Gasteiger partial charge in [0.1, 0.15) is 5.75 Å². The first kappa shape index (κ1) is 11.2. The molecular formula is C11H16O2P+. The largest absolute Gasteiger partial charge is 0.494 e. The summed E-state index contributed by atoms with van der Waals surface area (Å²) in [5.41, 5.74) is 0. The smallest absolute Gasteiger partial charge is 0.376 e. The summed E-state index contributed by atoms with van der Waals surface area (Å²) in [5, 5.41) is 0.896. The molecule has 1 atom stereocenters. The first-order valence-corrected chi connectivity index (χ1v) is 6.40. The number of benzene rings is 1. The SMILES string of the molecule is CCC[P+](=O)c1cccc(OCC)c1. The van der Waals surface area contributed by atoms with Crippen LogP contribution in [0.1, 0.15) is 20.3 Å². The van der Waals surface area contributed by atoms with Gasteiger partial charge in [0.15, 0.2) is 11.5 Å². The molecule has 76 valence electrons. The van der Waals surface area contributed by atoms with Gasteiger partial charge in [-0.2, -0.15) is 0 Å². The van der Waals surface area contributed by atoms with Gasteiger partial charge < -0.3 is 4.74 Å². The van der Waals surface area contributed by atoms with Crippen LogP contribution in [-0.4, -0.2) is 12.8 Å². The third kappa shape index (κ3) is 3.12. The molecule has 0 bridgehead atoms. The monoisotopic (exact) mass is 211 g/mol. The predicted molar refractivity (Wildman–Crippen MR) is 60.0 cm³/mol. The molecule has 0 radical (unpaired) electrons. The van der Waals surface area contributed by atoms with E-state index in [2.05, 4.69) is 0 Å². The Morgan fingerprint density at radius 1 is 1.36 bits per heavy atom. The Bertz CT molecular complexity index is 310. The molecule has 0 amide bonds. The van der Waals surface area contributed by atoms with Crippen molar-refractivity contribution in [3.8, 4) is 5.75 Å². The minimum absolute atomic E-state index is 0.647. The lowest BCUT2D eigenvalue weighted by Crippen LogP contribution is -2.00. The highest BCUT2D eigenvalue weighted by molar-refractivity contribution is 7.53. The van der Waals surface area contributed by atoms with E-state index >= 15 is 0 Å². The summed E-state index contributed by atoms with van der Waals surface area (Å²) in [4.78, 5) is 0. The van der Waals surface area contributed by atoms with Crippen molar-refractivity contribution in [3.05, 3.63) is 24.3 Å². The number of hydrogen-bond donors (Lipinski definition) is 0. The summed E-state index contributed by atoms with van der Waals surface area (Å²) in [7, 11) is -1.23. The highest BCUT2D eigenvalue weighted by Gasteiger charge is 2.18. The van der Waals surface area contributed by atoms with E-state index in [-0.39, 0.29) is 0 Å². The highest BCUT2D eigenvalue weighted by Crippen LogP contribution is 2.22. The average Bonchev–Trinajstić information content (AvgIpc) is 2.19. The molecule has 2 nitrogen and oxygen atoms in total. The summed E-state index contributed by atoms with van der Waals surface area (Å²) in [5.74, 6) is 0.810. The van der Waals surface area contributed by atoms with Crippen LogP contribution in [0.25, 0.3) is 0 Å². The summed E-state index contributed by atoms with van der Waals surface area (Å²) in [6.07, 6.45) is 1.71. The molecule has 1 rings (SSSR count). The van der Waals surface area contributed by atoms with E-state index in [0.717, 1.165) is 23.6 Å². The molecule has 0 aromatic heterocycles. The molecular weight excluding hydrogens is 195 g/mol. The minimum Gasteiger partial charge on any atom is -0.494 e. The minimum atomic E-state index is -1.23. The lowest BCUT2D eigenvalue weighted by atomic mass is 10.3. The van der Waals surface area contributed by atoms with Crippen molar-refractivity contribution >= 4 is 13.1 Å². The van der Waals surface area contributed by atoms with Crippen LogP contribution in [0, 0.1) is 0 Å². The van der Waals surface area contributed by atoms with Gasteiger partial charge in [-0.25, -0.2) is 0 Å². The second kappa shape index (κ2) is 5.77. The quantitative estimate of drug-likeness (QED) is 0.700. The summed E-state index contributed by atoms with van der Waals surface area (Å²) in [6.45, 7) is 4.63. The first-order valence-electron chi connectivity index (χ1n) is 4.95. The van der Waals surface area contributed by atoms with E-state index < -0.39 is 7.80 Å². The van der Waals surface area contributed by atoms with Crippen LogP contribution in [-0.2, 0) is 4.57 Å². The van der Waals surface area contributed by atoms with Crippen LogP contribution in [0.4, 0.5) is 0 Å². The summed E-state index contributed by atoms with van der Waals surface area (Å²) < 4.78 is 17.0. The van der Waals surface area contributed by atoms with Crippen molar-refractivity contribution < 1.29 is 9.30 Å². The van der Waals surface area contributed by atoms with Crippen molar-refractivity contribution in [1.82, 2.24) is 0 Å². The van der Waals surface area contributed by atoms with E-state index in [4.69, 9.17) is 4.74 Å². The van der Waals surface area contributed by atoms with E-state index in [9.17, 15) is 4.57 Å². The Kier molecular flexibility index (Phi) is 4.61. The fraction of sp³-hybridized carbons (Fsp3) is 0.455. The highest BCUT2D eigenvalue weighted by atomic mass is 31.1. The van der Waals surface area contributed by atoms with Gasteiger partial charge in [0.25, 0.3) is 0 Å². The van der Waals surface area contributed by atoms with E-state index in [1.807, 2.05) is 38.1 Å². The Morgan fingerprint density at radius 3 is 2.79 bits per heavy atom. The molecule has 0 saturated carbocycles. The fourth-order valence-corrected chi connectivity index (χ4v) is 2.42. The van der Waals surface area contributed by atoms with Crippen LogP contribution in [0.15, 0.2) is 24.3 Å². The van der Waals surface area contributed by atoms with Crippen molar-refractivity contribution in [2.75, 3.05) is 12.8 Å². The molecule has 0 N–H and O–H groups in total. The van der Waals surface area contributed by atoms with Gasteiger partial charge in [0.2, 0.25) is 0 Å². The van der Waals surface area contributed by atoms with Gasteiger partial charge >= 0.3 is 7.80 Å². The van der Waals surface area contributed by atoms with Crippen molar-refractivity contribution in [3.63, 3.8) is 0 Å². The Hall–Kier alpha value is -0.880. The molecule has 3 heteroatoms. The molecule has 1 aromatic carbocycles. The molecule has 1 aromatic rings. The number of hydrogen-bond acceptors (Lipinski definition) is 2. The van der Waals surface area contributed by atoms with Crippen LogP contribution >= 0.6 is 7.80 Å². The van der Waals surface area contributed by atoms with Crippen molar-refractivity contribution in [1.29, 1.82) is 0 Å². The van der Waals surface area contributed by atoms with Crippen LogP contribution in [0.3, 0.4) is 0 Å². The Labute approximate surface area is 86.1 Å². The number of rotatable bonds is 5. The first-order chi connectivity index (χ1) is 6.77. The van der Waals surface area contributed by atoms with E-state index in [1.54, 1.807) is 0 Å². The molecule has 0 heterocycles. The normalized spacial score (nSPS) is 11.1. The third-order valence-corrected chi connectivity index (χ3v) is 3.55. The van der Waals surface area contributed by atoms with Gasteiger partial charge in [-0.3, -0.25) is 0 Å². The molecule has 0 spiro atoms. The van der Waals surface area contributed by atoms with Gasteiger partial charge in [-0.15, -0.1) is 0 Å². The second-order valence-electron chi connectivity index (χ2n) is 3.03. The zero-order chi connectivity index (χ0) is 10.4. The zero-order valence-corrected chi connectivity index (χ0v) is 9.59. The van der Waals surface area contributed by atoms with Crippen LogP contribution < -0.4 is 10.0 Å². The van der Waals surface area contributed by atoms with Gasteiger partial charge in [0.05, 0.1) is 6.61 Å². The zero-order valence-electron chi connectivity index (χ0n) is 8.69. The Balaban J connectivity index is 2.77. The summed E-state index contributed by atoms with van der Waals surface area (Å²) >= 11 is 0. The standard InChI is InChI=1S/C11H16O2P/c1-3-8-14(12)11-7-5-6-10(9-11)13-4-2/h5-7,9H,3-4,8H2,1-2H3/q+1. The molecule has 0 saturated heterocycles. The molecule has 0 aliphatic rings. The fourth-order valence-electron chi connectivity index (χ4n) is 1.23. The van der Waals surface area contributed by atoms with Crippen LogP contribution in [0.2, 0.25) is 0 Å². The van der Waals surface area contributed by atoms with Gasteiger partial charge in [-0.1, -0.05) is 17.6 Å². The Morgan fingerprint density at radius 2 is 2.14 bits per heavy atom. The summed E-state index contributed by atoms with van der Waals surface area (Å²) in [6, 6.07) is 7.56. The maximum absolute atomic E-state index is 11.7. The van der Waals surface area contributed by atoms with Gasteiger partial charge in [-0.05, 0) is 25.5 Å². The number of ether oxygens (including phenoxy) is 1. The van der Waals surface area contributed by atoms with Crippen LogP contribution in [0.5, 0.6) is 5.75 Å². The molecule has 0 aliphatic carbocycles. The average molecular weight is 211 g/mol. The predicted octanol–water partition coefficient (Wildman–Crippen LogP) is 2.95. The lowest BCUT2D eigenvalue weighted by Gasteiger charge is -2.00. The lowest BCUT2D eigenvalue weighted by molar-refractivity contribution is 0.340. The second-order valence-corrected chi connectivity index (χ2v) is 4.75. The van der Waals surface area contributed by atoms with Crippen molar-refractivity contribution in [2.45, 2.75) is 20.3 Å². The molecule has 14 heavy (non-hydrogen) atoms. The maximum Gasteiger partial charge on any atom is 0.376 e. The topological polar surface area (TPSA) is 26.3 Å². The molecule has 0 aliphatic heterocycles. The van der Waals surface area contributed by atoms with Gasteiger partial charge in [0, 0.05) is 6.07 Å².